The number of hydrogen-bond donors (Lipinski definition) is 0. The van der Waals surface area contributed by atoms with Gasteiger partial charge >= 0.3 is 6.18 Å². The molecule has 2 aromatic carbocycles. The lowest BCUT2D eigenvalue weighted by atomic mass is 10.0. The van der Waals surface area contributed by atoms with E-state index in [1.165, 1.54) is 44.8 Å². The number of carboxylic acid groups (broad SMARTS) is 1. The lowest BCUT2D eigenvalue weighted by Gasteiger charge is -2.08. The zero-order valence-corrected chi connectivity index (χ0v) is 17.9. The summed E-state index contributed by atoms with van der Waals surface area (Å²) in [6.45, 7) is 13.0. The van der Waals surface area contributed by atoms with E-state index in [1.807, 2.05) is 0 Å². The number of aliphatic carboxylic acids is 1. The highest BCUT2D eigenvalue weighted by Gasteiger charge is 2.28. The summed E-state index contributed by atoms with van der Waals surface area (Å²) in [6, 6.07) is 8.98. The summed E-state index contributed by atoms with van der Waals surface area (Å²) >= 11 is 0. The second kappa shape index (κ2) is 8.73. The van der Waals surface area contributed by atoms with Crippen LogP contribution in [0.5, 0.6) is 0 Å². The summed E-state index contributed by atoms with van der Waals surface area (Å²) in [4.78, 5) is 8.78. The Morgan fingerprint density at radius 2 is 1.27 bits per heavy atom. The van der Waals surface area contributed by atoms with Gasteiger partial charge in [-0.25, -0.2) is 9.13 Å². The molecule has 0 aliphatic carbocycles. The number of imidazole rings is 1. The van der Waals surface area contributed by atoms with Crippen molar-refractivity contribution in [3.8, 4) is 11.4 Å². The fourth-order valence-corrected chi connectivity index (χ4v) is 3.78. The molecule has 0 saturated carbocycles. The summed E-state index contributed by atoms with van der Waals surface area (Å²) in [7, 11) is 0. The summed E-state index contributed by atoms with van der Waals surface area (Å²) < 4.78 is 36.0. The molecule has 0 atom stereocenters. The lowest BCUT2D eigenvalue weighted by molar-refractivity contribution is -0.595. The number of rotatable bonds is 2. The molecular formula is C23H25F3N2O2. The van der Waals surface area contributed by atoms with Gasteiger partial charge in [0.2, 0.25) is 0 Å². The zero-order chi connectivity index (χ0) is 22.8. The molecule has 3 rings (SSSR count). The molecule has 0 aliphatic heterocycles. The monoisotopic (exact) mass is 418 g/mol. The molecule has 1 heterocycles. The van der Waals surface area contributed by atoms with Crippen molar-refractivity contribution >= 4 is 5.97 Å². The molecule has 0 N–H and O–H groups in total. The van der Waals surface area contributed by atoms with Gasteiger partial charge in [-0.1, -0.05) is 35.4 Å². The Hall–Kier alpha value is -3.09. The highest BCUT2D eigenvalue weighted by Crippen LogP contribution is 2.21. The molecule has 0 amide bonds. The third kappa shape index (κ3) is 5.28. The quantitative estimate of drug-likeness (QED) is 0.593. The predicted octanol–water partition coefficient (Wildman–Crippen LogP) is 3.90. The number of alkyl halides is 3. The molecule has 160 valence electrons. The number of aryl methyl sites for hydroxylation is 6. The molecule has 0 radical (unpaired) electrons. The molecule has 3 aromatic rings. The zero-order valence-electron chi connectivity index (χ0n) is 17.9. The van der Waals surface area contributed by atoms with Crippen molar-refractivity contribution in [2.24, 2.45) is 0 Å². The number of hydrogen-bond acceptors (Lipinski definition) is 2. The number of carbonyl (C=O) groups is 1. The molecule has 1 aromatic heterocycles. The van der Waals surface area contributed by atoms with E-state index >= 15 is 0 Å². The summed E-state index contributed by atoms with van der Waals surface area (Å²) in [5.41, 5.74) is 10.4. The molecule has 0 bridgehead atoms. The first-order chi connectivity index (χ1) is 13.8. The van der Waals surface area contributed by atoms with Crippen molar-refractivity contribution in [1.29, 1.82) is 0 Å². The smallest absolute Gasteiger partial charge is 0.430 e. The number of benzene rings is 2. The second-order valence-corrected chi connectivity index (χ2v) is 7.51. The fraction of sp³-hybridized carbons (Fsp3) is 0.304. The average Bonchev–Trinajstić information content (AvgIpc) is 3.01. The van der Waals surface area contributed by atoms with Gasteiger partial charge in [-0.3, -0.25) is 0 Å². The maximum absolute atomic E-state index is 10.5. The SMILES string of the molecule is Cc1cc(C)c(-n2cc[n+](-c3c(C)cc(C)cc3C)c2)c(C)c1.O=C([O-])C(F)(F)F. The van der Waals surface area contributed by atoms with Crippen LogP contribution < -0.4 is 9.67 Å². The fourth-order valence-electron chi connectivity index (χ4n) is 3.78. The summed E-state index contributed by atoms with van der Waals surface area (Å²) in [6.07, 6.45) is 1.27. The van der Waals surface area contributed by atoms with Crippen LogP contribution in [-0.4, -0.2) is 16.7 Å². The van der Waals surface area contributed by atoms with Gasteiger partial charge in [0.15, 0.2) is 0 Å². The number of halogens is 3. The predicted molar refractivity (Wildman–Crippen MR) is 107 cm³/mol. The van der Waals surface area contributed by atoms with E-state index < -0.39 is 12.1 Å². The summed E-state index contributed by atoms with van der Waals surface area (Å²) in [5, 5.41) is 8.78. The van der Waals surface area contributed by atoms with Crippen LogP contribution >= 0.6 is 0 Å². The van der Waals surface area contributed by atoms with E-state index in [4.69, 9.17) is 9.90 Å². The van der Waals surface area contributed by atoms with Crippen molar-refractivity contribution in [1.82, 2.24) is 4.57 Å². The maximum Gasteiger partial charge on any atom is 0.430 e. The van der Waals surface area contributed by atoms with Crippen molar-refractivity contribution < 1.29 is 27.6 Å². The number of carbonyl (C=O) groups excluding carboxylic acids is 1. The van der Waals surface area contributed by atoms with Crippen LogP contribution in [0.3, 0.4) is 0 Å². The van der Waals surface area contributed by atoms with E-state index in [2.05, 4.69) is 93.7 Å². The third-order valence-electron chi connectivity index (χ3n) is 4.66. The van der Waals surface area contributed by atoms with E-state index in [1.54, 1.807) is 0 Å². The van der Waals surface area contributed by atoms with E-state index in [9.17, 15) is 13.2 Å². The van der Waals surface area contributed by atoms with Gasteiger partial charge in [0, 0.05) is 0 Å². The van der Waals surface area contributed by atoms with Crippen LogP contribution in [-0.2, 0) is 4.79 Å². The number of carboxylic acids is 1. The standard InChI is InChI=1S/C21H25N2.C2HF3O2/c1-14-9-16(3)20(17(4)10-14)22-7-8-23(13-22)21-18(5)11-15(2)12-19(21)6;3-2(4,5)1(6)7/h7-13H,1-6H3;(H,6,7)/q+1;/p-1. The topological polar surface area (TPSA) is 48.9 Å². The van der Waals surface area contributed by atoms with Gasteiger partial charge in [-0.15, -0.1) is 0 Å². The van der Waals surface area contributed by atoms with Crippen LogP contribution in [0, 0.1) is 41.5 Å². The normalized spacial score (nSPS) is 11.1. The molecule has 7 heteroatoms. The minimum Gasteiger partial charge on any atom is -0.542 e. The highest BCUT2D eigenvalue weighted by atomic mass is 19.4. The van der Waals surface area contributed by atoms with Crippen LogP contribution in [0.25, 0.3) is 11.4 Å². The third-order valence-corrected chi connectivity index (χ3v) is 4.66. The second-order valence-electron chi connectivity index (χ2n) is 7.51. The number of nitrogens with zero attached hydrogens (tertiary/aromatic N) is 2. The van der Waals surface area contributed by atoms with Gasteiger partial charge in [0.25, 0.3) is 6.33 Å². The maximum atomic E-state index is 10.5. The van der Waals surface area contributed by atoms with Crippen molar-refractivity contribution in [3.63, 3.8) is 0 Å². The Balaban J connectivity index is 0.000000396. The van der Waals surface area contributed by atoms with Gasteiger partial charge < -0.3 is 9.90 Å². The van der Waals surface area contributed by atoms with Crippen LogP contribution in [0.1, 0.15) is 33.4 Å². The Labute approximate surface area is 174 Å². The minimum atomic E-state index is -5.19. The first-order valence-electron chi connectivity index (χ1n) is 9.35. The van der Waals surface area contributed by atoms with Gasteiger partial charge in [0.1, 0.15) is 29.7 Å². The van der Waals surface area contributed by atoms with Gasteiger partial charge in [0.05, 0.1) is 0 Å². The molecular weight excluding hydrogens is 393 g/mol. The summed E-state index contributed by atoms with van der Waals surface area (Å²) in [5.74, 6) is -3.01. The van der Waals surface area contributed by atoms with Gasteiger partial charge in [-0.05, 0) is 63.8 Å². The Bertz CT molecular complexity index is 964. The molecule has 0 saturated heterocycles. The van der Waals surface area contributed by atoms with Gasteiger partial charge in [-0.2, -0.15) is 13.2 Å². The Morgan fingerprint density at radius 3 is 1.67 bits per heavy atom. The van der Waals surface area contributed by atoms with Crippen LogP contribution in [0.4, 0.5) is 13.2 Å². The van der Waals surface area contributed by atoms with Crippen LogP contribution in [0.2, 0.25) is 0 Å². The largest absolute Gasteiger partial charge is 0.542 e. The average molecular weight is 418 g/mol. The molecule has 0 unspecified atom stereocenters. The van der Waals surface area contributed by atoms with Crippen molar-refractivity contribution in [2.75, 3.05) is 0 Å². The molecule has 30 heavy (non-hydrogen) atoms. The molecule has 0 aliphatic rings. The molecule has 4 nitrogen and oxygen atoms in total. The van der Waals surface area contributed by atoms with Crippen LogP contribution in [0.15, 0.2) is 43.0 Å². The molecule has 0 fully saturated rings. The number of aromatic nitrogens is 2. The van der Waals surface area contributed by atoms with Crippen molar-refractivity contribution in [2.45, 2.75) is 47.7 Å². The lowest BCUT2D eigenvalue weighted by Crippen LogP contribution is -2.37. The van der Waals surface area contributed by atoms with E-state index in [-0.39, 0.29) is 0 Å². The first kappa shape index (κ1) is 23.2. The van der Waals surface area contributed by atoms with E-state index in [0.717, 1.165) is 0 Å². The molecule has 0 spiro atoms. The van der Waals surface area contributed by atoms with E-state index in [0.29, 0.717) is 0 Å². The highest BCUT2D eigenvalue weighted by molar-refractivity contribution is 5.70. The van der Waals surface area contributed by atoms with Crippen molar-refractivity contribution in [3.05, 3.63) is 76.4 Å². The first-order valence-corrected chi connectivity index (χ1v) is 9.35. The Morgan fingerprint density at radius 1 is 0.867 bits per heavy atom. The Kier molecular flexibility index (Phi) is 6.75. The minimum absolute atomic E-state index is 1.27.